The first-order chi connectivity index (χ1) is 13.4. The first kappa shape index (κ1) is 21.2. The number of ether oxygens (including phenoxy) is 4. The van der Waals surface area contributed by atoms with Crippen molar-refractivity contribution in [3.05, 3.63) is 40.7 Å². The standard InChI is InChI=1S/C21H25NO6/c1-7-27-20(23)16-12(3)22-13(4)17(21(24)28-8-2)19(16)18-14(25-5)10-9-11-15(18)26-6/h9-11H,7-8H2,1-6H3. The number of nitrogens with zero attached hydrogens (tertiary/aromatic N) is 1. The molecule has 0 saturated carbocycles. The Labute approximate surface area is 164 Å². The highest BCUT2D eigenvalue weighted by Crippen LogP contribution is 2.43. The van der Waals surface area contributed by atoms with Crippen LogP contribution in [0.25, 0.3) is 11.1 Å². The molecule has 0 atom stereocenters. The lowest BCUT2D eigenvalue weighted by Gasteiger charge is -2.21. The number of rotatable bonds is 7. The third-order valence-corrected chi connectivity index (χ3v) is 4.20. The Hall–Kier alpha value is -3.09. The fourth-order valence-corrected chi connectivity index (χ4v) is 3.10. The molecule has 1 heterocycles. The Balaban J connectivity index is 3.02. The van der Waals surface area contributed by atoms with E-state index in [1.54, 1.807) is 45.9 Å². The molecule has 0 fully saturated rings. The second-order valence-electron chi connectivity index (χ2n) is 5.89. The van der Waals surface area contributed by atoms with E-state index >= 15 is 0 Å². The summed E-state index contributed by atoms with van der Waals surface area (Å²) in [7, 11) is 3.01. The minimum atomic E-state index is -0.582. The van der Waals surface area contributed by atoms with E-state index in [-0.39, 0.29) is 24.3 Å². The molecule has 0 radical (unpaired) electrons. The van der Waals surface area contributed by atoms with E-state index < -0.39 is 11.9 Å². The van der Waals surface area contributed by atoms with E-state index in [2.05, 4.69) is 4.98 Å². The van der Waals surface area contributed by atoms with Crippen LogP contribution in [-0.4, -0.2) is 44.4 Å². The largest absolute Gasteiger partial charge is 0.496 e. The van der Waals surface area contributed by atoms with E-state index in [1.807, 2.05) is 0 Å². The van der Waals surface area contributed by atoms with Gasteiger partial charge in [0.1, 0.15) is 11.5 Å². The van der Waals surface area contributed by atoms with Gasteiger partial charge in [0.15, 0.2) is 0 Å². The van der Waals surface area contributed by atoms with Gasteiger partial charge in [-0.15, -0.1) is 0 Å². The quantitative estimate of drug-likeness (QED) is 0.669. The predicted molar refractivity (Wildman–Crippen MR) is 104 cm³/mol. The van der Waals surface area contributed by atoms with Crippen LogP contribution in [0, 0.1) is 13.8 Å². The molecule has 0 N–H and O–H groups in total. The molecule has 7 heteroatoms. The normalized spacial score (nSPS) is 10.4. The summed E-state index contributed by atoms with van der Waals surface area (Å²) in [6.07, 6.45) is 0. The maximum Gasteiger partial charge on any atom is 0.340 e. The van der Waals surface area contributed by atoms with Crippen molar-refractivity contribution in [2.75, 3.05) is 27.4 Å². The summed E-state index contributed by atoms with van der Waals surface area (Å²) < 4.78 is 21.5. The minimum Gasteiger partial charge on any atom is -0.496 e. The molecule has 0 spiro atoms. The first-order valence-corrected chi connectivity index (χ1v) is 8.97. The van der Waals surface area contributed by atoms with Crippen molar-refractivity contribution in [3.63, 3.8) is 0 Å². The van der Waals surface area contributed by atoms with Crippen molar-refractivity contribution in [1.82, 2.24) is 4.98 Å². The fourth-order valence-electron chi connectivity index (χ4n) is 3.10. The Morgan fingerprint density at radius 3 is 1.61 bits per heavy atom. The lowest BCUT2D eigenvalue weighted by atomic mass is 9.91. The van der Waals surface area contributed by atoms with Crippen molar-refractivity contribution < 1.29 is 28.5 Å². The zero-order valence-electron chi connectivity index (χ0n) is 17.0. The van der Waals surface area contributed by atoms with Crippen LogP contribution in [0.2, 0.25) is 0 Å². The minimum absolute atomic E-state index is 0.179. The third-order valence-electron chi connectivity index (χ3n) is 4.20. The maximum absolute atomic E-state index is 12.8. The van der Waals surface area contributed by atoms with E-state index in [4.69, 9.17) is 18.9 Å². The molecule has 0 aliphatic heterocycles. The Bertz CT molecular complexity index is 826. The number of benzene rings is 1. The van der Waals surface area contributed by atoms with E-state index in [0.29, 0.717) is 34.0 Å². The van der Waals surface area contributed by atoms with Crippen LogP contribution < -0.4 is 9.47 Å². The highest BCUT2D eigenvalue weighted by molar-refractivity contribution is 6.08. The summed E-state index contributed by atoms with van der Waals surface area (Å²) in [6, 6.07) is 5.22. The van der Waals surface area contributed by atoms with Crippen LogP contribution in [0.5, 0.6) is 11.5 Å². The molecule has 2 aromatic rings. The number of hydrogen-bond acceptors (Lipinski definition) is 7. The van der Waals surface area contributed by atoms with Crippen LogP contribution >= 0.6 is 0 Å². The molecule has 0 aliphatic rings. The van der Waals surface area contributed by atoms with Gasteiger partial charge in [0.2, 0.25) is 0 Å². The summed E-state index contributed by atoms with van der Waals surface area (Å²) in [5.41, 5.74) is 2.03. The van der Waals surface area contributed by atoms with Gasteiger partial charge < -0.3 is 18.9 Å². The van der Waals surface area contributed by atoms with Gasteiger partial charge >= 0.3 is 11.9 Å². The smallest absolute Gasteiger partial charge is 0.340 e. The van der Waals surface area contributed by atoms with E-state index in [1.165, 1.54) is 14.2 Å². The molecule has 150 valence electrons. The lowest BCUT2D eigenvalue weighted by Crippen LogP contribution is -2.18. The molecular weight excluding hydrogens is 362 g/mol. The van der Waals surface area contributed by atoms with E-state index in [9.17, 15) is 9.59 Å². The van der Waals surface area contributed by atoms with Crippen molar-refractivity contribution in [2.45, 2.75) is 27.7 Å². The SMILES string of the molecule is CCOC(=O)c1c(C)nc(C)c(C(=O)OCC)c1-c1c(OC)cccc1OC. The summed E-state index contributed by atoms with van der Waals surface area (Å²) in [4.78, 5) is 30.0. The number of pyridine rings is 1. The van der Waals surface area contributed by atoms with Gasteiger partial charge in [-0.1, -0.05) is 6.07 Å². The van der Waals surface area contributed by atoms with Crippen molar-refractivity contribution >= 4 is 11.9 Å². The predicted octanol–water partition coefficient (Wildman–Crippen LogP) is 3.74. The lowest BCUT2D eigenvalue weighted by molar-refractivity contribution is 0.0525. The Morgan fingerprint density at radius 1 is 0.821 bits per heavy atom. The van der Waals surface area contributed by atoms with Gasteiger partial charge in [0.25, 0.3) is 0 Å². The topological polar surface area (TPSA) is 84.0 Å². The highest BCUT2D eigenvalue weighted by Gasteiger charge is 2.31. The monoisotopic (exact) mass is 387 g/mol. The maximum atomic E-state index is 12.8. The number of esters is 2. The molecule has 1 aromatic heterocycles. The molecule has 0 unspecified atom stereocenters. The van der Waals surface area contributed by atoms with Gasteiger partial charge in [-0.2, -0.15) is 0 Å². The summed E-state index contributed by atoms with van der Waals surface area (Å²) in [5, 5.41) is 0. The molecule has 0 aliphatic carbocycles. The molecule has 0 bridgehead atoms. The number of aromatic nitrogens is 1. The van der Waals surface area contributed by atoms with Crippen LogP contribution in [0.3, 0.4) is 0 Å². The second-order valence-corrected chi connectivity index (χ2v) is 5.89. The van der Waals surface area contributed by atoms with Crippen molar-refractivity contribution in [2.24, 2.45) is 0 Å². The summed E-state index contributed by atoms with van der Waals surface area (Å²) >= 11 is 0. The van der Waals surface area contributed by atoms with Gasteiger partial charge in [-0.25, -0.2) is 9.59 Å². The number of methoxy groups -OCH3 is 2. The highest BCUT2D eigenvalue weighted by atomic mass is 16.5. The van der Waals surface area contributed by atoms with Crippen LogP contribution in [0.4, 0.5) is 0 Å². The average molecular weight is 387 g/mol. The Kier molecular flexibility index (Phi) is 6.98. The van der Waals surface area contributed by atoms with Gasteiger partial charge in [-0.3, -0.25) is 4.98 Å². The Morgan fingerprint density at radius 2 is 1.25 bits per heavy atom. The molecule has 0 saturated heterocycles. The molecule has 0 amide bonds. The second kappa shape index (κ2) is 9.21. The molecular formula is C21H25NO6. The molecule has 1 aromatic carbocycles. The van der Waals surface area contributed by atoms with Gasteiger partial charge in [-0.05, 0) is 39.8 Å². The first-order valence-electron chi connectivity index (χ1n) is 8.97. The van der Waals surface area contributed by atoms with Gasteiger partial charge in [0, 0.05) is 5.56 Å². The van der Waals surface area contributed by atoms with Crippen molar-refractivity contribution in [3.8, 4) is 22.6 Å². The van der Waals surface area contributed by atoms with Gasteiger partial charge in [0.05, 0.1) is 55.5 Å². The molecule has 28 heavy (non-hydrogen) atoms. The number of carbonyl (C=O) groups excluding carboxylic acids is 2. The zero-order valence-corrected chi connectivity index (χ0v) is 17.0. The van der Waals surface area contributed by atoms with Crippen molar-refractivity contribution in [1.29, 1.82) is 0 Å². The molecule has 2 rings (SSSR count). The zero-order chi connectivity index (χ0) is 20.8. The number of carbonyl (C=O) groups is 2. The fraction of sp³-hybridized carbons (Fsp3) is 0.381. The molecule has 7 nitrogen and oxygen atoms in total. The summed E-state index contributed by atoms with van der Waals surface area (Å²) in [6.45, 7) is 7.18. The van der Waals surface area contributed by atoms with Crippen LogP contribution in [0.15, 0.2) is 18.2 Å². The van der Waals surface area contributed by atoms with Crippen LogP contribution in [0.1, 0.15) is 46.0 Å². The number of hydrogen-bond donors (Lipinski definition) is 0. The van der Waals surface area contributed by atoms with Crippen LogP contribution in [-0.2, 0) is 9.47 Å². The third kappa shape index (κ3) is 3.93. The summed E-state index contributed by atoms with van der Waals surface area (Å²) in [5.74, 6) is -0.275. The number of aryl methyl sites for hydroxylation is 2. The average Bonchev–Trinajstić information content (AvgIpc) is 2.66. The van der Waals surface area contributed by atoms with E-state index in [0.717, 1.165) is 0 Å².